The van der Waals surface area contributed by atoms with Crippen molar-refractivity contribution < 1.29 is 13.9 Å². The Balaban J connectivity index is 1.64. The van der Waals surface area contributed by atoms with Crippen LogP contribution in [0.25, 0.3) is 11.5 Å². The van der Waals surface area contributed by atoms with Gasteiger partial charge in [-0.25, -0.2) is 0 Å². The molecule has 0 radical (unpaired) electrons. The van der Waals surface area contributed by atoms with Gasteiger partial charge in [0.25, 0.3) is 0 Å². The lowest BCUT2D eigenvalue weighted by Crippen LogP contribution is -2.38. The van der Waals surface area contributed by atoms with E-state index in [1.165, 1.54) is 7.11 Å². The van der Waals surface area contributed by atoms with Crippen LogP contribution < -0.4 is 0 Å². The molecule has 1 unspecified atom stereocenters. The number of carbonyl (C=O) groups excluding carboxylic acids is 1. The van der Waals surface area contributed by atoms with Gasteiger partial charge in [0, 0.05) is 5.56 Å². The summed E-state index contributed by atoms with van der Waals surface area (Å²) in [7, 11) is 1.45. The first-order chi connectivity index (χ1) is 11.2. The number of ether oxygens (including phenoxy) is 1. The van der Waals surface area contributed by atoms with Gasteiger partial charge < -0.3 is 9.15 Å². The standard InChI is InChI=1S/C17H21N3O3/c1-12(20-10-8-14(9-11-20)17(21)22-2)15-18-19-16(23-15)13-6-4-3-5-7-13/h3-7,12,14H,8-11H2,1-2H3. The lowest BCUT2D eigenvalue weighted by molar-refractivity contribution is -0.147. The number of hydrogen-bond donors (Lipinski definition) is 0. The Morgan fingerprint density at radius 2 is 1.96 bits per heavy atom. The van der Waals surface area contributed by atoms with Gasteiger partial charge in [-0.3, -0.25) is 9.69 Å². The molecule has 1 aromatic heterocycles. The van der Waals surface area contributed by atoms with Crippen LogP contribution in [0.3, 0.4) is 0 Å². The minimum atomic E-state index is -0.110. The van der Waals surface area contributed by atoms with Crippen molar-refractivity contribution in [2.75, 3.05) is 20.2 Å². The molecule has 0 bridgehead atoms. The van der Waals surface area contributed by atoms with Crippen molar-refractivity contribution >= 4 is 5.97 Å². The second kappa shape index (κ2) is 6.91. The predicted molar refractivity (Wildman–Crippen MR) is 84.5 cm³/mol. The zero-order valence-corrected chi connectivity index (χ0v) is 13.4. The predicted octanol–water partition coefficient (Wildman–Crippen LogP) is 2.68. The van der Waals surface area contributed by atoms with Crippen LogP contribution in [-0.4, -0.2) is 41.3 Å². The van der Waals surface area contributed by atoms with E-state index in [1.54, 1.807) is 0 Å². The minimum Gasteiger partial charge on any atom is -0.469 e. The second-order valence-corrected chi connectivity index (χ2v) is 5.82. The highest BCUT2D eigenvalue weighted by molar-refractivity contribution is 5.72. The molecule has 2 aromatic rings. The Labute approximate surface area is 135 Å². The fourth-order valence-corrected chi connectivity index (χ4v) is 2.95. The quantitative estimate of drug-likeness (QED) is 0.808. The van der Waals surface area contributed by atoms with E-state index < -0.39 is 0 Å². The molecule has 1 fully saturated rings. The van der Waals surface area contributed by atoms with Gasteiger partial charge >= 0.3 is 5.97 Å². The van der Waals surface area contributed by atoms with E-state index in [4.69, 9.17) is 9.15 Å². The zero-order chi connectivity index (χ0) is 16.2. The van der Waals surface area contributed by atoms with Crippen LogP contribution >= 0.6 is 0 Å². The fraction of sp³-hybridized carbons (Fsp3) is 0.471. The molecule has 1 aromatic carbocycles. The number of hydrogen-bond acceptors (Lipinski definition) is 6. The molecule has 0 N–H and O–H groups in total. The maximum atomic E-state index is 11.6. The molecule has 0 spiro atoms. The lowest BCUT2D eigenvalue weighted by Gasteiger charge is -2.33. The molecule has 2 heterocycles. The third-order valence-electron chi connectivity index (χ3n) is 4.43. The van der Waals surface area contributed by atoms with Gasteiger partial charge in [-0.15, -0.1) is 10.2 Å². The molecule has 0 amide bonds. The van der Waals surface area contributed by atoms with Crippen molar-refractivity contribution in [2.24, 2.45) is 5.92 Å². The van der Waals surface area contributed by atoms with Crippen LogP contribution in [0.4, 0.5) is 0 Å². The summed E-state index contributed by atoms with van der Waals surface area (Å²) in [5, 5.41) is 8.33. The van der Waals surface area contributed by atoms with Crippen LogP contribution in [0.1, 0.15) is 31.7 Å². The minimum absolute atomic E-state index is 0.00557. The summed E-state index contributed by atoms with van der Waals surface area (Å²) < 4.78 is 10.6. The molecule has 122 valence electrons. The van der Waals surface area contributed by atoms with Gasteiger partial charge in [0.1, 0.15) is 0 Å². The molecular weight excluding hydrogens is 294 g/mol. The van der Waals surface area contributed by atoms with Crippen LogP contribution in [-0.2, 0) is 9.53 Å². The monoisotopic (exact) mass is 315 g/mol. The highest BCUT2D eigenvalue weighted by atomic mass is 16.5. The average Bonchev–Trinajstić information content (AvgIpc) is 3.11. The van der Waals surface area contributed by atoms with E-state index in [1.807, 2.05) is 30.3 Å². The van der Waals surface area contributed by atoms with Gasteiger partial charge in [0.15, 0.2) is 0 Å². The normalized spacial score (nSPS) is 17.8. The van der Waals surface area contributed by atoms with Gasteiger partial charge in [-0.2, -0.15) is 0 Å². The fourth-order valence-electron chi connectivity index (χ4n) is 2.95. The number of benzene rings is 1. The highest BCUT2D eigenvalue weighted by Gasteiger charge is 2.30. The summed E-state index contributed by atoms with van der Waals surface area (Å²) in [5.41, 5.74) is 0.919. The molecule has 0 saturated carbocycles. The molecular formula is C17H21N3O3. The summed E-state index contributed by atoms with van der Waals surface area (Å²) in [6.07, 6.45) is 1.60. The number of methoxy groups -OCH3 is 1. The van der Waals surface area contributed by atoms with E-state index in [0.717, 1.165) is 31.5 Å². The second-order valence-electron chi connectivity index (χ2n) is 5.82. The molecule has 1 aliphatic rings. The van der Waals surface area contributed by atoms with E-state index in [2.05, 4.69) is 22.0 Å². The Kier molecular flexibility index (Phi) is 4.71. The van der Waals surface area contributed by atoms with Crippen LogP contribution in [0.15, 0.2) is 34.7 Å². The van der Waals surface area contributed by atoms with Gasteiger partial charge in [-0.05, 0) is 45.0 Å². The van der Waals surface area contributed by atoms with Gasteiger partial charge in [0.05, 0.1) is 19.1 Å². The number of nitrogens with zero attached hydrogens (tertiary/aromatic N) is 3. The molecule has 1 aliphatic heterocycles. The van der Waals surface area contributed by atoms with E-state index >= 15 is 0 Å². The van der Waals surface area contributed by atoms with Crippen molar-refractivity contribution in [1.82, 2.24) is 15.1 Å². The smallest absolute Gasteiger partial charge is 0.308 e. The molecule has 6 heteroatoms. The Morgan fingerprint density at radius 3 is 2.61 bits per heavy atom. The summed E-state index contributed by atoms with van der Waals surface area (Å²) >= 11 is 0. The number of esters is 1. The first-order valence-corrected chi connectivity index (χ1v) is 7.89. The summed E-state index contributed by atoms with van der Waals surface area (Å²) in [5.74, 6) is 1.05. The lowest BCUT2D eigenvalue weighted by atomic mass is 9.96. The first kappa shape index (κ1) is 15.7. The van der Waals surface area contributed by atoms with E-state index in [-0.39, 0.29) is 17.9 Å². The van der Waals surface area contributed by atoms with Gasteiger partial charge in [-0.1, -0.05) is 18.2 Å². The molecule has 1 atom stereocenters. The Morgan fingerprint density at radius 1 is 1.26 bits per heavy atom. The largest absolute Gasteiger partial charge is 0.469 e. The molecule has 6 nitrogen and oxygen atoms in total. The number of likely N-dealkylation sites (tertiary alicyclic amines) is 1. The van der Waals surface area contributed by atoms with Crippen molar-refractivity contribution in [3.8, 4) is 11.5 Å². The Hall–Kier alpha value is -2.21. The van der Waals surface area contributed by atoms with Crippen LogP contribution in [0.2, 0.25) is 0 Å². The van der Waals surface area contributed by atoms with Crippen molar-refractivity contribution in [2.45, 2.75) is 25.8 Å². The van der Waals surface area contributed by atoms with Crippen molar-refractivity contribution in [3.05, 3.63) is 36.2 Å². The summed E-state index contributed by atoms with van der Waals surface area (Å²) in [6, 6.07) is 9.78. The van der Waals surface area contributed by atoms with E-state index in [9.17, 15) is 4.79 Å². The topological polar surface area (TPSA) is 68.5 Å². The molecule has 3 rings (SSSR count). The number of aromatic nitrogens is 2. The number of piperidine rings is 1. The molecule has 23 heavy (non-hydrogen) atoms. The zero-order valence-electron chi connectivity index (χ0n) is 13.4. The highest BCUT2D eigenvalue weighted by Crippen LogP contribution is 2.28. The maximum Gasteiger partial charge on any atom is 0.308 e. The third kappa shape index (κ3) is 3.42. The Bertz CT molecular complexity index is 648. The van der Waals surface area contributed by atoms with Crippen LogP contribution in [0.5, 0.6) is 0 Å². The van der Waals surface area contributed by atoms with Crippen LogP contribution in [0, 0.1) is 5.92 Å². The van der Waals surface area contributed by atoms with Crippen molar-refractivity contribution in [1.29, 1.82) is 0 Å². The molecule has 0 aliphatic carbocycles. The maximum absolute atomic E-state index is 11.6. The SMILES string of the molecule is COC(=O)C1CCN(C(C)c2nnc(-c3ccccc3)o2)CC1. The summed E-state index contributed by atoms with van der Waals surface area (Å²) in [4.78, 5) is 13.9. The number of carbonyl (C=O) groups is 1. The van der Waals surface area contributed by atoms with Crippen molar-refractivity contribution in [3.63, 3.8) is 0 Å². The third-order valence-corrected chi connectivity index (χ3v) is 4.43. The molecule has 1 saturated heterocycles. The summed E-state index contributed by atoms with van der Waals surface area (Å²) in [6.45, 7) is 3.70. The average molecular weight is 315 g/mol. The first-order valence-electron chi connectivity index (χ1n) is 7.89. The number of rotatable bonds is 4. The van der Waals surface area contributed by atoms with Gasteiger partial charge in [0.2, 0.25) is 11.8 Å². The van der Waals surface area contributed by atoms with E-state index in [0.29, 0.717) is 11.8 Å².